The second-order valence-electron chi connectivity index (χ2n) is 11.1. The Kier molecular flexibility index (Phi) is 10.8. The molecule has 5 heteroatoms. The van der Waals surface area contributed by atoms with Gasteiger partial charge in [-0.1, -0.05) is 49.4 Å². The zero-order chi connectivity index (χ0) is 30.1. The number of rotatable bonds is 14. The average molecular weight is 565 g/mol. The summed E-state index contributed by atoms with van der Waals surface area (Å²) in [5, 5.41) is 3.75. The molecule has 0 saturated carbocycles. The van der Waals surface area contributed by atoms with Gasteiger partial charge in [0, 0.05) is 82.6 Å². The summed E-state index contributed by atoms with van der Waals surface area (Å²) in [7, 11) is 8.33. The fourth-order valence-corrected chi connectivity index (χ4v) is 5.42. The summed E-state index contributed by atoms with van der Waals surface area (Å²) in [4.78, 5) is 6.63. The lowest BCUT2D eigenvalue weighted by Gasteiger charge is -2.25. The normalized spacial score (nSPS) is 11.0. The van der Waals surface area contributed by atoms with E-state index in [1.54, 1.807) is 0 Å². The number of benzene rings is 4. The Morgan fingerprint density at radius 3 is 1.79 bits per heavy atom. The summed E-state index contributed by atoms with van der Waals surface area (Å²) in [6.45, 7) is 9.83. The molecule has 0 saturated heterocycles. The van der Waals surface area contributed by atoms with Crippen LogP contribution in [0.15, 0.2) is 91.0 Å². The topological polar surface area (TPSA) is 31.0 Å². The van der Waals surface area contributed by atoms with Crippen molar-refractivity contribution in [3.8, 4) is 5.75 Å². The molecule has 222 valence electrons. The van der Waals surface area contributed by atoms with E-state index in [0.717, 1.165) is 30.9 Å². The van der Waals surface area contributed by atoms with Crippen molar-refractivity contribution in [3.05, 3.63) is 113 Å². The van der Waals surface area contributed by atoms with Crippen molar-refractivity contribution in [1.29, 1.82) is 0 Å². The molecule has 0 spiro atoms. The summed E-state index contributed by atoms with van der Waals surface area (Å²) in [6.07, 6.45) is 0.989. The van der Waals surface area contributed by atoms with Crippen LogP contribution in [0.3, 0.4) is 0 Å². The maximum atomic E-state index is 6.21. The molecule has 0 heterocycles. The smallest absolute Gasteiger partial charge is 0.121 e. The van der Waals surface area contributed by atoms with Gasteiger partial charge in [-0.2, -0.15) is 0 Å². The van der Waals surface area contributed by atoms with E-state index >= 15 is 0 Å². The van der Waals surface area contributed by atoms with Gasteiger partial charge in [-0.15, -0.1) is 0 Å². The van der Waals surface area contributed by atoms with Crippen molar-refractivity contribution in [2.75, 3.05) is 74.4 Å². The minimum absolute atomic E-state index is 0.0949. The van der Waals surface area contributed by atoms with E-state index in [2.05, 4.69) is 154 Å². The Balaban J connectivity index is 1.62. The molecule has 0 fully saturated rings. The van der Waals surface area contributed by atoms with Crippen LogP contribution in [0.4, 0.5) is 22.7 Å². The van der Waals surface area contributed by atoms with Crippen LogP contribution >= 0.6 is 0 Å². The molecule has 5 nitrogen and oxygen atoms in total. The van der Waals surface area contributed by atoms with Crippen molar-refractivity contribution in [1.82, 2.24) is 0 Å². The highest BCUT2D eigenvalue weighted by molar-refractivity contribution is 5.62. The summed E-state index contributed by atoms with van der Waals surface area (Å²) in [6, 6.07) is 33.2. The molecule has 0 amide bonds. The summed E-state index contributed by atoms with van der Waals surface area (Å²) in [5.41, 5.74) is 9.89. The lowest BCUT2D eigenvalue weighted by Crippen LogP contribution is -2.21. The monoisotopic (exact) mass is 564 g/mol. The van der Waals surface area contributed by atoms with Crippen molar-refractivity contribution in [2.45, 2.75) is 33.1 Å². The molecule has 4 aromatic carbocycles. The van der Waals surface area contributed by atoms with Gasteiger partial charge >= 0.3 is 0 Å². The standard InChI is InChI=1S/C37H48N4O/c1-8-28-14-23-35(36(26-28)38-24-25-42-34-13-11-12-33(27-34)41(9-2)10-3)37(29-15-19-31(20-16-29)39(4)5)30-17-21-32(22-18-30)40(6)7/h11-23,26-27,37-38H,8-10,24-25H2,1-7H3. The average Bonchev–Trinajstić information content (AvgIpc) is 3.01. The van der Waals surface area contributed by atoms with E-state index in [9.17, 15) is 0 Å². The Labute approximate surface area is 253 Å². The lowest BCUT2D eigenvalue weighted by atomic mass is 9.83. The van der Waals surface area contributed by atoms with E-state index in [1.807, 2.05) is 6.07 Å². The fraction of sp³-hybridized carbons (Fsp3) is 0.351. The number of aryl methyl sites for hydroxylation is 1. The second kappa shape index (κ2) is 14.7. The number of nitrogens with one attached hydrogen (secondary N) is 1. The van der Waals surface area contributed by atoms with Crippen LogP contribution in [0.2, 0.25) is 0 Å². The first-order chi connectivity index (χ1) is 20.3. The quantitative estimate of drug-likeness (QED) is 0.124. The molecule has 0 bridgehead atoms. The van der Waals surface area contributed by atoms with E-state index in [-0.39, 0.29) is 5.92 Å². The number of ether oxygens (including phenoxy) is 1. The summed E-state index contributed by atoms with van der Waals surface area (Å²) < 4.78 is 6.21. The molecule has 4 rings (SSSR count). The predicted octanol–water partition coefficient (Wildman–Crippen LogP) is 7.90. The van der Waals surface area contributed by atoms with Crippen molar-refractivity contribution in [3.63, 3.8) is 0 Å². The molecule has 1 N–H and O–H groups in total. The molecule has 4 aromatic rings. The van der Waals surface area contributed by atoms with Gasteiger partial charge in [0.05, 0.1) is 0 Å². The van der Waals surface area contributed by atoms with Gasteiger partial charge in [-0.3, -0.25) is 0 Å². The predicted molar refractivity (Wildman–Crippen MR) is 182 cm³/mol. The van der Waals surface area contributed by atoms with Gasteiger partial charge in [-0.05, 0) is 85.0 Å². The van der Waals surface area contributed by atoms with Gasteiger partial charge in [0.1, 0.15) is 12.4 Å². The second-order valence-corrected chi connectivity index (χ2v) is 11.1. The molecule has 0 aliphatic heterocycles. The van der Waals surface area contributed by atoms with Gasteiger partial charge < -0.3 is 24.8 Å². The number of hydrogen-bond acceptors (Lipinski definition) is 5. The van der Waals surface area contributed by atoms with Crippen molar-refractivity contribution < 1.29 is 4.74 Å². The first-order valence-electron chi connectivity index (χ1n) is 15.2. The lowest BCUT2D eigenvalue weighted by molar-refractivity contribution is 0.333. The maximum Gasteiger partial charge on any atom is 0.121 e. The molecular formula is C37H48N4O. The van der Waals surface area contributed by atoms with Crippen LogP contribution in [0.5, 0.6) is 5.75 Å². The first kappa shape index (κ1) is 30.8. The third kappa shape index (κ3) is 7.58. The van der Waals surface area contributed by atoms with Crippen molar-refractivity contribution >= 4 is 22.7 Å². The van der Waals surface area contributed by atoms with E-state index in [1.165, 1.54) is 39.3 Å². The number of nitrogens with zero attached hydrogens (tertiary/aromatic N) is 3. The van der Waals surface area contributed by atoms with Crippen LogP contribution in [-0.4, -0.2) is 54.4 Å². The number of hydrogen-bond donors (Lipinski definition) is 1. The van der Waals surface area contributed by atoms with E-state index < -0.39 is 0 Å². The molecule has 0 aliphatic rings. The highest BCUT2D eigenvalue weighted by Gasteiger charge is 2.21. The van der Waals surface area contributed by atoms with Gasteiger partial charge in [0.2, 0.25) is 0 Å². The van der Waals surface area contributed by atoms with Crippen LogP contribution in [0.1, 0.15) is 48.9 Å². The summed E-state index contributed by atoms with van der Waals surface area (Å²) in [5.74, 6) is 1.00. The zero-order valence-electron chi connectivity index (χ0n) is 26.5. The Morgan fingerprint density at radius 2 is 1.26 bits per heavy atom. The van der Waals surface area contributed by atoms with E-state index in [0.29, 0.717) is 13.2 Å². The zero-order valence-corrected chi connectivity index (χ0v) is 26.5. The third-order valence-corrected chi connectivity index (χ3v) is 7.96. The molecule has 0 unspecified atom stereocenters. The van der Waals surface area contributed by atoms with Gasteiger partial charge in [0.15, 0.2) is 0 Å². The highest BCUT2D eigenvalue weighted by Crippen LogP contribution is 2.38. The third-order valence-electron chi connectivity index (χ3n) is 7.96. The molecule has 0 atom stereocenters. The van der Waals surface area contributed by atoms with Crippen LogP contribution < -0.4 is 24.8 Å². The van der Waals surface area contributed by atoms with Gasteiger partial charge in [-0.25, -0.2) is 0 Å². The maximum absolute atomic E-state index is 6.21. The Morgan fingerprint density at radius 1 is 0.667 bits per heavy atom. The first-order valence-corrected chi connectivity index (χ1v) is 15.2. The minimum atomic E-state index is 0.0949. The Bertz CT molecular complexity index is 1340. The fourth-order valence-electron chi connectivity index (χ4n) is 5.42. The highest BCUT2D eigenvalue weighted by atomic mass is 16.5. The number of anilines is 4. The molecule has 0 aliphatic carbocycles. The van der Waals surface area contributed by atoms with Crippen LogP contribution in [-0.2, 0) is 6.42 Å². The largest absolute Gasteiger partial charge is 0.492 e. The van der Waals surface area contributed by atoms with Crippen LogP contribution in [0.25, 0.3) is 0 Å². The SMILES string of the molecule is CCc1ccc(C(c2ccc(N(C)C)cc2)c2ccc(N(C)C)cc2)c(NCCOc2cccc(N(CC)CC)c2)c1. The van der Waals surface area contributed by atoms with Gasteiger partial charge in [0.25, 0.3) is 0 Å². The Hall–Kier alpha value is -4.12. The molecule has 0 aromatic heterocycles. The minimum Gasteiger partial charge on any atom is -0.492 e. The van der Waals surface area contributed by atoms with Crippen molar-refractivity contribution in [2.24, 2.45) is 0 Å². The van der Waals surface area contributed by atoms with E-state index in [4.69, 9.17) is 4.74 Å². The summed E-state index contributed by atoms with van der Waals surface area (Å²) >= 11 is 0. The molecular weight excluding hydrogens is 516 g/mol. The van der Waals surface area contributed by atoms with Crippen LogP contribution in [0, 0.1) is 0 Å². The molecule has 0 radical (unpaired) electrons. The molecule has 42 heavy (non-hydrogen) atoms.